The van der Waals surface area contributed by atoms with Crippen LogP contribution in [0.1, 0.15) is 57.2 Å². The minimum atomic E-state index is -0.587. The molecule has 2 aromatic rings. The fourth-order valence-electron chi connectivity index (χ4n) is 4.43. The predicted octanol–water partition coefficient (Wildman–Crippen LogP) is 5.38. The van der Waals surface area contributed by atoms with E-state index in [0.29, 0.717) is 37.1 Å². The molecule has 0 bridgehead atoms. The zero-order chi connectivity index (χ0) is 22.1. The third-order valence-corrected chi connectivity index (χ3v) is 5.56. The number of fused-ring (bicyclic) bond motifs is 1. The summed E-state index contributed by atoms with van der Waals surface area (Å²) in [6.45, 7) is 9.73. The van der Waals surface area contributed by atoms with E-state index in [4.69, 9.17) is 9.47 Å². The first-order chi connectivity index (χ1) is 14.1. The second-order valence-electron chi connectivity index (χ2n) is 9.06. The predicted molar refractivity (Wildman–Crippen MR) is 113 cm³/mol. The highest BCUT2D eigenvalue weighted by atomic mass is 19.1. The summed E-state index contributed by atoms with van der Waals surface area (Å²) in [5.41, 5.74) is 1.79. The molecule has 3 rings (SSSR count). The molecular weight excluding hydrogens is 390 g/mol. The van der Waals surface area contributed by atoms with Crippen LogP contribution in [0.25, 0.3) is 10.9 Å². The molecule has 0 aliphatic carbocycles. The largest absolute Gasteiger partial charge is 0.444 e. The Morgan fingerprint density at radius 2 is 2.00 bits per heavy atom. The number of methoxy groups -OCH3 is 1. The molecular formula is C23H32F2N2O3. The molecule has 5 nitrogen and oxygen atoms in total. The second kappa shape index (κ2) is 8.92. The summed E-state index contributed by atoms with van der Waals surface area (Å²) in [7, 11) is 1.64. The van der Waals surface area contributed by atoms with Crippen molar-refractivity contribution < 1.29 is 23.0 Å². The molecule has 2 heterocycles. The fourth-order valence-corrected chi connectivity index (χ4v) is 4.43. The van der Waals surface area contributed by atoms with E-state index in [0.717, 1.165) is 36.6 Å². The van der Waals surface area contributed by atoms with Crippen molar-refractivity contribution in [2.45, 2.75) is 65.0 Å². The summed E-state index contributed by atoms with van der Waals surface area (Å²) in [5.74, 6) is -1.10. The van der Waals surface area contributed by atoms with Gasteiger partial charge in [-0.25, -0.2) is 13.6 Å². The van der Waals surface area contributed by atoms with Gasteiger partial charge < -0.3 is 18.9 Å². The zero-order valence-corrected chi connectivity index (χ0v) is 18.6. The topological polar surface area (TPSA) is 43.7 Å². The van der Waals surface area contributed by atoms with Gasteiger partial charge in [-0.05, 0) is 58.6 Å². The number of benzene rings is 1. The number of nitrogens with zero attached hydrogens (tertiary/aromatic N) is 2. The Balaban J connectivity index is 1.99. The monoisotopic (exact) mass is 422 g/mol. The van der Waals surface area contributed by atoms with E-state index >= 15 is 0 Å². The molecule has 1 atom stereocenters. The first-order valence-corrected chi connectivity index (χ1v) is 10.6. The number of likely N-dealkylation sites (tertiary alicyclic amines) is 1. The molecule has 1 unspecified atom stereocenters. The van der Waals surface area contributed by atoms with Gasteiger partial charge in [0.25, 0.3) is 0 Å². The molecule has 166 valence electrons. The van der Waals surface area contributed by atoms with E-state index in [9.17, 15) is 13.6 Å². The van der Waals surface area contributed by atoms with Crippen LogP contribution in [-0.2, 0) is 16.0 Å². The van der Waals surface area contributed by atoms with Gasteiger partial charge in [0.2, 0.25) is 0 Å². The average molecular weight is 423 g/mol. The van der Waals surface area contributed by atoms with Crippen molar-refractivity contribution in [1.29, 1.82) is 0 Å². The van der Waals surface area contributed by atoms with Crippen molar-refractivity contribution in [2.24, 2.45) is 0 Å². The first kappa shape index (κ1) is 22.5. The van der Waals surface area contributed by atoms with Crippen molar-refractivity contribution >= 4 is 17.0 Å². The van der Waals surface area contributed by atoms with E-state index in [1.54, 1.807) is 12.0 Å². The fraction of sp³-hybridized carbons (Fsp3) is 0.609. The smallest absolute Gasteiger partial charge is 0.410 e. The molecule has 1 aliphatic heterocycles. The quantitative estimate of drug-likeness (QED) is 0.608. The van der Waals surface area contributed by atoms with Crippen molar-refractivity contribution in [3.63, 3.8) is 0 Å². The second-order valence-corrected chi connectivity index (χ2v) is 9.06. The molecule has 0 N–H and O–H groups in total. The summed E-state index contributed by atoms with van der Waals surface area (Å²) in [6.07, 6.45) is 2.11. The van der Waals surface area contributed by atoms with E-state index in [-0.39, 0.29) is 12.0 Å². The molecule has 1 aromatic carbocycles. The van der Waals surface area contributed by atoms with Gasteiger partial charge in [-0.1, -0.05) is 0 Å². The van der Waals surface area contributed by atoms with Gasteiger partial charge in [0, 0.05) is 56.4 Å². The molecule has 1 amide bonds. The Labute approximate surface area is 176 Å². The molecule has 7 heteroatoms. The lowest BCUT2D eigenvalue weighted by atomic mass is 9.92. The summed E-state index contributed by atoms with van der Waals surface area (Å²) >= 11 is 0. The number of piperidine rings is 1. The number of carbonyl (C=O) groups is 1. The standard InChI is InChI=1S/C23H32F2N2O3/c1-15-20-18(25)12-17(24)13-19(20)27(10-7-11-29-5)21(15)16-8-6-9-26(14-16)22(28)30-23(2,3)4/h12-13,16H,6-11,14H2,1-5H3. The third-order valence-electron chi connectivity index (χ3n) is 5.56. The zero-order valence-electron chi connectivity index (χ0n) is 18.6. The van der Waals surface area contributed by atoms with Gasteiger partial charge >= 0.3 is 6.09 Å². The number of aromatic nitrogens is 1. The lowest BCUT2D eigenvalue weighted by molar-refractivity contribution is 0.0196. The third kappa shape index (κ3) is 4.77. The van der Waals surface area contributed by atoms with Crippen LogP contribution in [0.5, 0.6) is 0 Å². The van der Waals surface area contributed by atoms with Crippen LogP contribution in [0.3, 0.4) is 0 Å². The average Bonchev–Trinajstić information content (AvgIpc) is 2.92. The van der Waals surface area contributed by atoms with Crippen molar-refractivity contribution in [3.05, 3.63) is 35.0 Å². The summed E-state index contributed by atoms with van der Waals surface area (Å²) in [4.78, 5) is 14.3. The molecule has 0 radical (unpaired) electrons. The molecule has 30 heavy (non-hydrogen) atoms. The van der Waals surface area contributed by atoms with Gasteiger partial charge in [-0.2, -0.15) is 0 Å². The van der Waals surface area contributed by atoms with Crippen LogP contribution >= 0.6 is 0 Å². The minimum Gasteiger partial charge on any atom is -0.444 e. The van der Waals surface area contributed by atoms with E-state index in [2.05, 4.69) is 0 Å². The summed E-state index contributed by atoms with van der Waals surface area (Å²) in [5, 5.41) is 0.457. The number of ether oxygens (including phenoxy) is 2. The Morgan fingerprint density at radius 3 is 2.67 bits per heavy atom. The number of hydrogen-bond acceptors (Lipinski definition) is 3. The number of amides is 1. The Bertz CT molecular complexity index is 918. The number of halogens is 2. The van der Waals surface area contributed by atoms with Gasteiger partial charge in [0.05, 0.1) is 5.52 Å². The Kier molecular flexibility index (Phi) is 6.70. The highest BCUT2D eigenvalue weighted by molar-refractivity contribution is 5.86. The van der Waals surface area contributed by atoms with Crippen LogP contribution in [0.4, 0.5) is 13.6 Å². The maximum Gasteiger partial charge on any atom is 0.410 e. The SMILES string of the molecule is COCCCn1c(C2CCCN(C(=O)OC(C)(C)C)C2)c(C)c2c(F)cc(F)cc21. The molecule has 1 aromatic heterocycles. The minimum absolute atomic E-state index is 0.0312. The first-order valence-electron chi connectivity index (χ1n) is 10.6. The van der Waals surface area contributed by atoms with Crippen LogP contribution in [-0.4, -0.2) is 48.0 Å². The molecule has 0 saturated carbocycles. The van der Waals surface area contributed by atoms with Crippen molar-refractivity contribution in [2.75, 3.05) is 26.8 Å². The van der Waals surface area contributed by atoms with Gasteiger partial charge in [-0.15, -0.1) is 0 Å². The van der Waals surface area contributed by atoms with Crippen molar-refractivity contribution in [1.82, 2.24) is 9.47 Å². The number of rotatable bonds is 5. The molecule has 0 spiro atoms. The van der Waals surface area contributed by atoms with Gasteiger partial charge in [-0.3, -0.25) is 0 Å². The molecule has 1 fully saturated rings. The lowest BCUT2D eigenvalue weighted by Crippen LogP contribution is -2.42. The normalized spacial score (nSPS) is 17.6. The number of carbonyl (C=O) groups excluding carboxylic acids is 1. The lowest BCUT2D eigenvalue weighted by Gasteiger charge is -2.35. The summed E-state index contributed by atoms with van der Waals surface area (Å²) < 4.78 is 41.5. The van der Waals surface area contributed by atoms with Gasteiger partial charge in [0.15, 0.2) is 0 Å². The van der Waals surface area contributed by atoms with Gasteiger partial charge in [0.1, 0.15) is 17.2 Å². The summed E-state index contributed by atoms with van der Waals surface area (Å²) in [6, 6.07) is 2.34. The van der Waals surface area contributed by atoms with Crippen LogP contribution in [0.2, 0.25) is 0 Å². The van der Waals surface area contributed by atoms with Crippen molar-refractivity contribution in [3.8, 4) is 0 Å². The van der Waals surface area contributed by atoms with E-state index in [1.165, 1.54) is 6.07 Å². The van der Waals surface area contributed by atoms with Crippen LogP contribution < -0.4 is 0 Å². The highest BCUT2D eigenvalue weighted by Gasteiger charge is 2.32. The van der Waals surface area contributed by atoms with Crippen LogP contribution in [0, 0.1) is 18.6 Å². The highest BCUT2D eigenvalue weighted by Crippen LogP contribution is 2.37. The Morgan fingerprint density at radius 1 is 1.27 bits per heavy atom. The number of hydrogen-bond donors (Lipinski definition) is 0. The van der Waals surface area contributed by atoms with E-state index in [1.807, 2.05) is 32.3 Å². The Hall–Kier alpha value is -2.15. The van der Waals surface area contributed by atoms with E-state index < -0.39 is 17.2 Å². The maximum atomic E-state index is 14.7. The van der Waals surface area contributed by atoms with Crippen LogP contribution in [0.15, 0.2) is 12.1 Å². The number of aryl methyl sites for hydroxylation is 2. The maximum absolute atomic E-state index is 14.7. The molecule has 1 saturated heterocycles. The molecule has 1 aliphatic rings.